The molecule has 2 saturated heterocycles. The van der Waals surface area contributed by atoms with Crippen LogP contribution in [-0.2, 0) is 20.8 Å². The number of carbonyl (C=O) groups excluding carboxylic acids is 1. The quantitative estimate of drug-likeness (QED) is 0.612. The molecule has 2 fully saturated rings. The van der Waals surface area contributed by atoms with Crippen LogP contribution in [0.25, 0.3) is 0 Å². The zero-order chi connectivity index (χ0) is 25.4. The molecule has 0 bridgehead atoms. The van der Waals surface area contributed by atoms with Gasteiger partial charge in [0.25, 0.3) is 0 Å². The van der Waals surface area contributed by atoms with Crippen molar-refractivity contribution in [1.29, 1.82) is 0 Å². The maximum Gasteiger partial charge on any atom is 0.419 e. The number of aromatic nitrogens is 2. The summed E-state index contributed by atoms with van der Waals surface area (Å²) in [5, 5.41) is 2.92. The van der Waals surface area contributed by atoms with Gasteiger partial charge < -0.3 is 15.1 Å². The summed E-state index contributed by atoms with van der Waals surface area (Å²) in [6.07, 6.45) is 0.451. The number of halogens is 4. The van der Waals surface area contributed by atoms with Crippen molar-refractivity contribution in [3.63, 3.8) is 0 Å². The van der Waals surface area contributed by atoms with E-state index in [1.54, 1.807) is 9.80 Å². The Morgan fingerprint density at radius 2 is 1.71 bits per heavy atom. The Morgan fingerprint density at radius 3 is 2.29 bits per heavy atom. The summed E-state index contributed by atoms with van der Waals surface area (Å²) in [7, 11) is -3.55. The molecule has 8 nitrogen and oxygen atoms in total. The van der Waals surface area contributed by atoms with Crippen molar-refractivity contribution in [2.75, 3.05) is 36.1 Å². The maximum atomic E-state index is 14.5. The molecule has 2 aliphatic rings. The summed E-state index contributed by atoms with van der Waals surface area (Å²) in [5.74, 6) is -0.691. The molecule has 190 valence electrons. The fourth-order valence-corrected chi connectivity index (χ4v) is 5.07. The van der Waals surface area contributed by atoms with E-state index in [9.17, 15) is 30.8 Å². The Hall–Kier alpha value is -2.96. The molecule has 1 aromatic carbocycles. The lowest BCUT2D eigenvalue weighted by atomic mass is 9.97. The van der Waals surface area contributed by atoms with Gasteiger partial charge in [0.1, 0.15) is 11.9 Å². The monoisotopic (exact) mass is 515 g/mol. The average molecular weight is 516 g/mol. The van der Waals surface area contributed by atoms with Crippen molar-refractivity contribution in [3.05, 3.63) is 42.0 Å². The van der Waals surface area contributed by atoms with E-state index in [0.29, 0.717) is 45.3 Å². The van der Waals surface area contributed by atoms with Crippen LogP contribution in [0.2, 0.25) is 0 Å². The number of hydrogen-bond acceptors (Lipinski definition) is 7. The van der Waals surface area contributed by atoms with Crippen LogP contribution in [0.15, 0.2) is 35.5 Å². The zero-order valence-corrected chi connectivity index (χ0v) is 19.7. The van der Waals surface area contributed by atoms with Gasteiger partial charge in [-0.3, -0.25) is 4.79 Å². The number of amides is 1. The van der Waals surface area contributed by atoms with E-state index in [0.717, 1.165) is 24.7 Å². The van der Waals surface area contributed by atoms with Crippen LogP contribution in [-0.4, -0.2) is 67.2 Å². The Bertz CT molecular complexity index is 1180. The van der Waals surface area contributed by atoms with Crippen LogP contribution >= 0.6 is 0 Å². The third-order valence-electron chi connectivity index (χ3n) is 6.33. The molecule has 0 radical (unpaired) electrons. The van der Waals surface area contributed by atoms with Gasteiger partial charge >= 0.3 is 6.18 Å². The first kappa shape index (κ1) is 25.1. The minimum Gasteiger partial charge on any atom is -0.371 e. The molecule has 1 atom stereocenters. The smallest absolute Gasteiger partial charge is 0.371 e. The largest absolute Gasteiger partial charge is 0.419 e. The average Bonchev–Trinajstić information content (AvgIpc) is 2.80. The number of alkyl halides is 3. The number of nitrogens with zero attached hydrogens (tertiary/aromatic N) is 4. The molecule has 0 aliphatic carbocycles. The molecule has 35 heavy (non-hydrogen) atoms. The van der Waals surface area contributed by atoms with Gasteiger partial charge in [0.2, 0.25) is 11.9 Å². The summed E-state index contributed by atoms with van der Waals surface area (Å²) >= 11 is 0. The highest BCUT2D eigenvalue weighted by Crippen LogP contribution is 2.30. The molecule has 1 aromatic heterocycles. The van der Waals surface area contributed by atoms with Gasteiger partial charge in [-0.25, -0.2) is 22.8 Å². The topological polar surface area (TPSA) is 95.5 Å². The third-order valence-corrected chi connectivity index (χ3v) is 7.44. The summed E-state index contributed by atoms with van der Waals surface area (Å²) in [5.41, 5.74) is -0.845. The van der Waals surface area contributed by atoms with E-state index in [1.807, 2.05) is 0 Å². The van der Waals surface area contributed by atoms with Gasteiger partial charge in [-0.15, -0.1) is 0 Å². The fraction of sp³-hybridized carbons (Fsp3) is 0.500. The first-order valence-electron chi connectivity index (χ1n) is 11.1. The lowest BCUT2D eigenvalue weighted by Crippen LogP contribution is -2.54. The standard InChI is InChI=1S/C22H25F4N5O3S/c1-35(33,34)16-4-5-18(17(23)11-16)29-19-3-2-8-31(20(19)32)15-6-9-30(10-7-15)21-27-12-14(13-28-21)22(24,25)26/h4-5,11-13,15,19,29H,2-3,6-10H2,1H3/t19-/m0/s1. The van der Waals surface area contributed by atoms with E-state index in [-0.39, 0.29) is 28.5 Å². The Morgan fingerprint density at radius 1 is 1.06 bits per heavy atom. The number of sulfone groups is 1. The minimum absolute atomic E-state index is 0.0599. The Balaban J connectivity index is 1.37. The molecule has 2 aliphatic heterocycles. The lowest BCUT2D eigenvalue weighted by Gasteiger charge is -2.42. The van der Waals surface area contributed by atoms with Crippen LogP contribution in [0.1, 0.15) is 31.2 Å². The second-order valence-electron chi connectivity index (χ2n) is 8.77. The predicted molar refractivity (Wildman–Crippen MR) is 120 cm³/mol. The number of hydrogen-bond donors (Lipinski definition) is 1. The summed E-state index contributed by atoms with van der Waals surface area (Å²) in [6, 6.07) is 2.85. The van der Waals surface area contributed by atoms with Crippen molar-refractivity contribution < 1.29 is 30.8 Å². The van der Waals surface area contributed by atoms with Crippen molar-refractivity contribution in [1.82, 2.24) is 14.9 Å². The molecule has 13 heteroatoms. The van der Waals surface area contributed by atoms with Crippen LogP contribution in [0, 0.1) is 5.82 Å². The number of rotatable bonds is 5. The van der Waals surface area contributed by atoms with Gasteiger partial charge in [0.05, 0.1) is 16.1 Å². The summed E-state index contributed by atoms with van der Waals surface area (Å²) in [4.78, 5) is 24.3. The van der Waals surface area contributed by atoms with E-state index >= 15 is 0 Å². The second kappa shape index (κ2) is 9.59. The van der Waals surface area contributed by atoms with Crippen molar-refractivity contribution in [2.24, 2.45) is 0 Å². The molecule has 4 rings (SSSR count). The van der Waals surface area contributed by atoms with Crippen LogP contribution in [0.3, 0.4) is 0 Å². The first-order valence-corrected chi connectivity index (χ1v) is 13.0. The number of piperidine rings is 2. The first-order chi connectivity index (χ1) is 16.4. The van der Waals surface area contributed by atoms with Crippen molar-refractivity contribution in [2.45, 2.75) is 48.8 Å². The molecular weight excluding hydrogens is 490 g/mol. The van der Waals surface area contributed by atoms with Crippen LogP contribution in [0.5, 0.6) is 0 Å². The molecule has 0 spiro atoms. The van der Waals surface area contributed by atoms with E-state index < -0.39 is 33.4 Å². The number of benzene rings is 1. The molecule has 3 heterocycles. The SMILES string of the molecule is CS(=O)(=O)c1ccc(N[C@H]2CCCN(C3CCN(c4ncc(C(F)(F)F)cn4)CC3)C2=O)c(F)c1. The fourth-order valence-electron chi connectivity index (χ4n) is 4.44. The van der Waals surface area contributed by atoms with E-state index in [4.69, 9.17) is 0 Å². The molecule has 0 saturated carbocycles. The normalized spacial score (nSPS) is 20.3. The molecule has 1 N–H and O–H groups in total. The number of anilines is 2. The number of likely N-dealkylation sites (tertiary alicyclic amines) is 1. The molecule has 1 amide bonds. The van der Waals surface area contributed by atoms with Crippen LogP contribution < -0.4 is 10.2 Å². The Labute approximate surface area is 200 Å². The highest BCUT2D eigenvalue weighted by molar-refractivity contribution is 7.90. The Kier molecular flexibility index (Phi) is 6.89. The van der Waals surface area contributed by atoms with Crippen molar-refractivity contribution >= 4 is 27.4 Å². The number of carbonyl (C=O) groups is 1. The van der Waals surface area contributed by atoms with Gasteiger partial charge in [0, 0.05) is 44.3 Å². The summed E-state index contributed by atoms with van der Waals surface area (Å²) < 4.78 is 75.9. The minimum atomic E-state index is -4.50. The van der Waals surface area contributed by atoms with Crippen LogP contribution in [0.4, 0.5) is 29.2 Å². The maximum absolute atomic E-state index is 14.5. The van der Waals surface area contributed by atoms with Gasteiger partial charge in [-0.05, 0) is 43.9 Å². The predicted octanol–water partition coefficient (Wildman–Crippen LogP) is 3.11. The van der Waals surface area contributed by atoms with Crippen molar-refractivity contribution in [3.8, 4) is 0 Å². The summed E-state index contributed by atoms with van der Waals surface area (Å²) in [6.45, 7) is 1.53. The van der Waals surface area contributed by atoms with Gasteiger partial charge in [-0.2, -0.15) is 13.2 Å². The second-order valence-corrected chi connectivity index (χ2v) is 10.8. The van der Waals surface area contributed by atoms with E-state index in [2.05, 4.69) is 15.3 Å². The highest BCUT2D eigenvalue weighted by Gasteiger charge is 2.36. The molecule has 2 aromatic rings. The molecule has 0 unspecified atom stereocenters. The van der Waals surface area contributed by atoms with E-state index in [1.165, 1.54) is 12.1 Å². The third kappa shape index (κ3) is 5.65. The highest BCUT2D eigenvalue weighted by atomic mass is 32.2. The van der Waals surface area contributed by atoms with Gasteiger partial charge in [-0.1, -0.05) is 0 Å². The van der Waals surface area contributed by atoms with Gasteiger partial charge in [0.15, 0.2) is 9.84 Å². The number of nitrogens with one attached hydrogen (secondary N) is 1. The molecular formula is C22H25F4N5O3S. The zero-order valence-electron chi connectivity index (χ0n) is 18.9. The lowest BCUT2D eigenvalue weighted by molar-refractivity contribution is -0.138.